The van der Waals surface area contributed by atoms with E-state index in [0.717, 1.165) is 24.5 Å². The Morgan fingerprint density at radius 3 is 2.70 bits per heavy atom. The molecule has 4 nitrogen and oxygen atoms in total. The van der Waals surface area contributed by atoms with Crippen LogP contribution >= 0.6 is 11.6 Å². The molecule has 2 aliphatic carbocycles. The fourth-order valence-corrected chi connectivity index (χ4v) is 3.21. The smallest absolute Gasteiger partial charge is 0.135 e. The first-order valence-corrected chi connectivity index (χ1v) is 8.06. The van der Waals surface area contributed by atoms with E-state index < -0.39 is 0 Å². The topological polar surface area (TPSA) is 58.0 Å². The lowest BCUT2D eigenvalue weighted by Crippen LogP contribution is -2.31. The molecule has 0 saturated heterocycles. The third kappa shape index (κ3) is 3.41. The molecule has 20 heavy (non-hydrogen) atoms. The molecule has 2 unspecified atom stereocenters. The number of hydrogen-bond acceptors (Lipinski definition) is 4. The maximum absolute atomic E-state index is 9.57. The molecule has 110 valence electrons. The van der Waals surface area contributed by atoms with Gasteiger partial charge in [0.15, 0.2) is 0 Å². The molecule has 0 radical (unpaired) electrons. The second-order valence-corrected chi connectivity index (χ2v) is 6.43. The van der Waals surface area contributed by atoms with Crippen molar-refractivity contribution < 1.29 is 5.11 Å². The lowest BCUT2D eigenvalue weighted by atomic mass is 9.96. The zero-order chi connectivity index (χ0) is 13.9. The molecular formula is C15H22ClN3O. The van der Waals surface area contributed by atoms with Crippen LogP contribution in [0.1, 0.15) is 56.7 Å². The lowest BCUT2D eigenvalue weighted by Gasteiger charge is -2.25. The number of hydrogen-bond donors (Lipinski definition) is 2. The van der Waals surface area contributed by atoms with Crippen LogP contribution < -0.4 is 5.32 Å². The van der Waals surface area contributed by atoms with Crippen molar-refractivity contribution in [3.8, 4) is 0 Å². The van der Waals surface area contributed by atoms with E-state index in [4.69, 9.17) is 11.6 Å². The minimum Gasteiger partial charge on any atom is -0.396 e. The van der Waals surface area contributed by atoms with Crippen LogP contribution in [0, 0.1) is 5.92 Å². The van der Waals surface area contributed by atoms with Gasteiger partial charge in [-0.05, 0) is 25.7 Å². The number of halogens is 1. The lowest BCUT2D eigenvalue weighted by molar-refractivity contribution is 0.203. The first-order chi connectivity index (χ1) is 9.76. The second kappa shape index (κ2) is 6.27. The zero-order valence-corrected chi connectivity index (χ0v) is 12.4. The Morgan fingerprint density at radius 1 is 1.15 bits per heavy atom. The molecular weight excluding hydrogens is 274 g/mol. The molecule has 0 aromatic carbocycles. The van der Waals surface area contributed by atoms with Gasteiger partial charge in [0.1, 0.15) is 16.8 Å². The number of aromatic nitrogens is 2. The first kappa shape index (κ1) is 14.1. The van der Waals surface area contributed by atoms with Crippen LogP contribution in [0.5, 0.6) is 0 Å². The van der Waals surface area contributed by atoms with Crippen LogP contribution in [-0.4, -0.2) is 27.7 Å². The molecule has 0 bridgehead atoms. The highest BCUT2D eigenvalue weighted by atomic mass is 35.5. The first-order valence-electron chi connectivity index (χ1n) is 7.68. The fraction of sp³-hybridized carbons (Fsp3) is 0.733. The summed E-state index contributed by atoms with van der Waals surface area (Å²) in [6.45, 7) is 0.242. The number of aliphatic hydroxyl groups excluding tert-OH is 1. The maximum atomic E-state index is 9.57. The van der Waals surface area contributed by atoms with Crippen molar-refractivity contribution in [1.82, 2.24) is 9.97 Å². The van der Waals surface area contributed by atoms with Crippen LogP contribution in [0.2, 0.25) is 5.15 Å². The summed E-state index contributed by atoms with van der Waals surface area (Å²) in [7, 11) is 0. The summed E-state index contributed by atoms with van der Waals surface area (Å²) in [5.41, 5.74) is 0. The molecule has 2 aliphatic rings. The Balaban J connectivity index is 1.74. The molecule has 1 heterocycles. The molecule has 2 atom stereocenters. The molecule has 1 aromatic rings. The molecule has 0 amide bonds. The van der Waals surface area contributed by atoms with Crippen molar-refractivity contribution in [3.05, 3.63) is 17.0 Å². The van der Waals surface area contributed by atoms with E-state index in [1.54, 1.807) is 6.07 Å². The quantitative estimate of drug-likeness (QED) is 0.660. The minimum atomic E-state index is 0.242. The summed E-state index contributed by atoms with van der Waals surface area (Å²) in [5.74, 6) is 2.50. The Morgan fingerprint density at radius 2 is 1.95 bits per heavy atom. The third-order valence-corrected chi connectivity index (χ3v) is 4.58. The highest BCUT2D eigenvalue weighted by Crippen LogP contribution is 2.39. The third-order valence-electron chi connectivity index (χ3n) is 4.38. The van der Waals surface area contributed by atoms with E-state index in [1.165, 1.54) is 32.1 Å². The van der Waals surface area contributed by atoms with Crippen LogP contribution in [0.4, 0.5) is 5.82 Å². The van der Waals surface area contributed by atoms with Crippen molar-refractivity contribution in [2.24, 2.45) is 5.92 Å². The zero-order valence-electron chi connectivity index (χ0n) is 11.7. The number of aliphatic hydroxyl groups is 1. The number of nitrogens with one attached hydrogen (secondary N) is 1. The summed E-state index contributed by atoms with van der Waals surface area (Å²) in [5, 5.41) is 13.6. The van der Waals surface area contributed by atoms with Gasteiger partial charge in [0.25, 0.3) is 0 Å². The Kier molecular flexibility index (Phi) is 4.41. The molecule has 2 saturated carbocycles. The number of nitrogens with zero attached hydrogens (tertiary/aromatic N) is 2. The fourth-order valence-electron chi connectivity index (χ4n) is 3.02. The predicted molar refractivity (Wildman–Crippen MR) is 80.1 cm³/mol. The van der Waals surface area contributed by atoms with Gasteiger partial charge >= 0.3 is 0 Å². The predicted octanol–water partition coefficient (Wildman–Crippen LogP) is 3.36. The SMILES string of the molecule is OCC1CCCCCC1Nc1cc(Cl)nc(C2CC2)n1. The van der Waals surface area contributed by atoms with Gasteiger partial charge in [0.05, 0.1) is 0 Å². The standard InChI is InChI=1S/C15H22ClN3O/c16-13-8-14(19-15(18-13)10-6-7-10)17-12-5-3-1-2-4-11(12)9-20/h8,10-12,20H,1-7,9H2,(H,17,18,19). The Hall–Kier alpha value is -0.870. The van der Waals surface area contributed by atoms with E-state index in [-0.39, 0.29) is 6.61 Å². The van der Waals surface area contributed by atoms with Crippen LogP contribution in [-0.2, 0) is 0 Å². The summed E-state index contributed by atoms with van der Waals surface area (Å²) >= 11 is 6.10. The van der Waals surface area contributed by atoms with Gasteiger partial charge in [-0.2, -0.15) is 0 Å². The minimum absolute atomic E-state index is 0.242. The molecule has 1 aromatic heterocycles. The van der Waals surface area contributed by atoms with Crippen molar-refractivity contribution in [3.63, 3.8) is 0 Å². The van der Waals surface area contributed by atoms with Gasteiger partial charge in [0, 0.05) is 30.6 Å². The normalized spacial score (nSPS) is 27.1. The monoisotopic (exact) mass is 295 g/mol. The molecule has 2 fully saturated rings. The van der Waals surface area contributed by atoms with E-state index in [1.807, 2.05) is 0 Å². The second-order valence-electron chi connectivity index (χ2n) is 6.04. The highest BCUT2D eigenvalue weighted by molar-refractivity contribution is 6.29. The summed E-state index contributed by atoms with van der Waals surface area (Å²) in [6, 6.07) is 2.09. The van der Waals surface area contributed by atoms with Crippen molar-refractivity contribution in [2.75, 3.05) is 11.9 Å². The molecule has 5 heteroatoms. The number of rotatable bonds is 4. The summed E-state index contributed by atoms with van der Waals surface area (Å²) in [6.07, 6.45) is 8.19. The molecule has 2 N–H and O–H groups in total. The van der Waals surface area contributed by atoms with E-state index in [0.29, 0.717) is 23.0 Å². The van der Waals surface area contributed by atoms with Crippen molar-refractivity contribution in [1.29, 1.82) is 0 Å². The Labute approximate surface area is 125 Å². The Bertz CT molecular complexity index is 464. The van der Waals surface area contributed by atoms with Crippen LogP contribution in [0.3, 0.4) is 0 Å². The van der Waals surface area contributed by atoms with Gasteiger partial charge in [-0.15, -0.1) is 0 Å². The average Bonchev–Trinajstić information content (AvgIpc) is 3.25. The van der Waals surface area contributed by atoms with Crippen molar-refractivity contribution in [2.45, 2.75) is 56.9 Å². The average molecular weight is 296 g/mol. The number of anilines is 1. The van der Waals surface area contributed by atoms with Gasteiger partial charge in [0.2, 0.25) is 0 Å². The molecule has 0 spiro atoms. The van der Waals surface area contributed by atoms with E-state index in [2.05, 4.69) is 15.3 Å². The molecule has 0 aliphatic heterocycles. The van der Waals surface area contributed by atoms with Crippen molar-refractivity contribution >= 4 is 17.4 Å². The summed E-state index contributed by atoms with van der Waals surface area (Å²) < 4.78 is 0. The maximum Gasteiger partial charge on any atom is 0.135 e. The van der Waals surface area contributed by atoms with Gasteiger partial charge in [-0.25, -0.2) is 9.97 Å². The van der Waals surface area contributed by atoms with E-state index in [9.17, 15) is 5.11 Å². The highest BCUT2D eigenvalue weighted by Gasteiger charge is 2.28. The van der Waals surface area contributed by atoms with E-state index >= 15 is 0 Å². The van der Waals surface area contributed by atoms with Crippen LogP contribution in [0.25, 0.3) is 0 Å². The van der Waals surface area contributed by atoms with Crippen LogP contribution in [0.15, 0.2) is 6.07 Å². The van der Waals surface area contributed by atoms with Gasteiger partial charge < -0.3 is 10.4 Å². The van der Waals surface area contributed by atoms with Gasteiger partial charge in [-0.1, -0.05) is 30.9 Å². The molecule has 3 rings (SSSR count). The largest absolute Gasteiger partial charge is 0.396 e. The summed E-state index contributed by atoms with van der Waals surface area (Å²) in [4.78, 5) is 8.91. The van der Waals surface area contributed by atoms with Gasteiger partial charge in [-0.3, -0.25) is 0 Å².